The molecule has 138 valence electrons. The summed E-state index contributed by atoms with van der Waals surface area (Å²) in [6.07, 6.45) is 1.77. The normalized spacial score (nSPS) is 12.0. The Labute approximate surface area is 161 Å². The molecule has 2 amide bonds. The molecule has 1 heterocycles. The highest BCUT2D eigenvalue weighted by molar-refractivity contribution is 6.00. The Morgan fingerprint density at radius 1 is 0.929 bits per heavy atom. The quantitative estimate of drug-likeness (QED) is 0.564. The first kappa shape index (κ1) is 17.6. The molecule has 1 aromatic heterocycles. The molecule has 0 saturated carbocycles. The maximum atomic E-state index is 12.7. The van der Waals surface area contributed by atoms with Gasteiger partial charge in [0.15, 0.2) is 0 Å². The second kappa shape index (κ2) is 7.44. The van der Waals surface area contributed by atoms with Gasteiger partial charge in [0.2, 0.25) is 5.91 Å². The van der Waals surface area contributed by atoms with E-state index in [1.54, 1.807) is 18.3 Å². The fourth-order valence-electron chi connectivity index (χ4n) is 3.10. The lowest BCUT2D eigenvalue weighted by Gasteiger charge is -2.15. The number of aromatic nitrogens is 2. The number of nitrogens with two attached hydrogens (primary N) is 1. The van der Waals surface area contributed by atoms with Gasteiger partial charge in [-0.25, -0.2) is 4.98 Å². The van der Waals surface area contributed by atoms with Gasteiger partial charge in [0, 0.05) is 18.2 Å². The number of fused-ring (bicyclic) bond motifs is 2. The van der Waals surface area contributed by atoms with E-state index >= 15 is 0 Å². The number of carbonyl (C=O) groups excluding carboxylic acids is 2. The van der Waals surface area contributed by atoms with E-state index in [4.69, 9.17) is 5.73 Å². The zero-order valence-corrected chi connectivity index (χ0v) is 15.0. The van der Waals surface area contributed by atoms with Gasteiger partial charge in [-0.05, 0) is 35.0 Å². The van der Waals surface area contributed by atoms with E-state index < -0.39 is 11.9 Å². The average Bonchev–Trinajstić information content (AvgIpc) is 2.72. The Hall–Kier alpha value is -3.80. The minimum atomic E-state index is -0.880. The Balaban J connectivity index is 1.55. The summed E-state index contributed by atoms with van der Waals surface area (Å²) in [6.45, 7) is 0. The van der Waals surface area contributed by atoms with Gasteiger partial charge in [-0.1, -0.05) is 42.5 Å². The number of amides is 2. The second-order valence-electron chi connectivity index (χ2n) is 6.54. The zero-order valence-electron chi connectivity index (χ0n) is 15.0. The van der Waals surface area contributed by atoms with Gasteiger partial charge in [-0.3, -0.25) is 14.6 Å². The first-order valence-corrected chi connectivity index (χ1v) is 8.90. The van der Waals surface area contributed by atoms with Crippen molar-refractivity contribution in [3.8, 4) is 0 Å². The third kappa shape index (κ3) is 3.66. The lowest BCUT2D eigenvalue weighted by atomic mass is 10.1. The maximum Gasteiger partial charge on any atom is 0.251 e. The summed E-state index contributed by atoms with van der Waals surface area (Å²) in [5, 5.41) is 4.70. The highest BCUT2D eigenvalue weighted by Crippen LogP contribution is 2.16. The summed E-state index contributed by atoms with van der Waals surface area (Å²) in [6, 6.07) is 19.7. The predicted octanol–water partition coefficient (Wildman–Crippen LogP) is 2.61. The molecular weight excluding hydrogens is 352 g/mol. The summed E-state index contributed by atoms with van der Waals surface area (Å²) >= 11 is 0. The fraction of sp³-hybridized carbons (Fsp3) is 0.0909. The van der Waals surface area contributed by atoms with E-state index in [-0.39, 0.29) is 12.3 Å². The smallest absolute Gasteiger partial charge is 0.251 e. The van der Waals surface area contributed by atoms with Gasteiger partial charge >= 0.3 is 0 Å². The first-order valence-electron chi connectivity index (χ1n) is 8.90. The van der Waals surface area contributed by atoms with E-state index in [0.717, 1.165) is 21.8 Å². The summed E-state index contributed by atoms with van der Waals surface area (Å²) in [4.78, 5) is 33.4. The van der Waals surface area contributed by atoms with E-state index in [1.165, 1.54) is 0 Å². The van der Waals surface area contributed by atoms with E-state index in [1.807, 2.05) is 54.6 Å². The molecule has 1 atom stereocenters. The molecular formula is C22H18N4O2. The van der Waals surface area contributed by atoms with Crippen LogP contribution in [-0.4, -0.2) is 27.8 Å². The van der Waals surface area contributed by atoms with Crippen LogP contribution in [0.2, 0.25) is 0 Å². The number of primary amides is 1. The molecule has 4 rings (SSSR count). The van der Waals surface area contributed by atoms with Crippen molar-refractivity contribution in [1.29, 1.82) is 0 Å². The molecule has 0 spiro atoms. The zero-order chi connectivity index (χ0) is 19.5. The molecule has 0 saturated heterocycles. The minimum absolute atomic E-state index is 0.173. The van der Waals surface area contributed by atoms with Crippen LogP contribution in [0.15, 0.2) is 72.9 Å². The standard InChI is InChI=1S/C22H18N4O2/c23-21(27)20(12-17-13-24-18-7-3-4-8-19(18)25-17)26-22(28)16-10-9-14-5-1-2-6-15(14)11-16/h1-11,13,20H,12H2,(H2,23,27)(H,26,28)/t20-/m0/s1. The topological polar surface area (TPSA) is 98.0 Å². The van der Waals surface area contributed by atoms with Crippen molar-refractivity contribution >= 4 is 33.6 Å². The summed E-state index contributed by atoms with van der Waals surface area (Å²) < 4.78 is 0. The molecule has 3 aromatic carbocycles. The van der Waals surface area contributed by atoms with Crippen molar-refractivity contribution < 1.29 is 9.59 Å². The highest BCUT2D eigenvalue weighted by atomic mass is 16.2. The molecule has 6 nitrogen and oxygen atoms in total. The second-order valence-corrected chi connectivity index (χ2v) is 6.54. The van der Waals surface area contributed by atoms with Crippen LogP contribution in [0.25, 0.3) is 21.8 Å². The molecule has 0 aliphatic heterocycles. The number of hydrogen-bond acceptors (Lipinski definition) is 4. The largest absolute Gasteiger partial charge is 0.368 e. The van der Waals surface area contributed by atoms with Crippen molar-refractivity contribution in [3.63, 3.8) is 0 Å². The van der Waals surface area contributed by atoms with Crippen LogP contribution in [0.3, 0.4) is 0 Å². The molecule has 0 unspecified atom stereocenters. The third-order valence-electron chi connectivity index (χ3n) is 4.57. The number of carbonyl (C=O) groups is 2. The van der Waals surface area contributed by atoms with Crippen LogP contribution in [0.5, 0.6) is 0 Å². The van der Waals surface area contributed by atoms with Crippen molar-refractivity contribution in [3.05, 3.63) is 84.2 Å². The molecule has 0 aliphatic carbocycles. The van der Waals surface area contributed by atoms with Gasteiger partial charge < -0.3 is 11.1 Å². The van der Waals surface area contributed by atoms with Gasteiger partial charge in [0.25, 0.3) is 5.91 Å². The number of hydrogen-bond donors (Lipinski definition) is 2. The lowest BCUT2D eigenvalue weighted by Crippen LogP contribution is -2.46. The number of para-hydroxylation sites is 2. The van der Waals surface area contributed by atoms with Crippen molar-refractivity contribution in [2.45, 2.75) is 12.5 Å². The summed E-state index contributed by atoms with van der Waals surface area (Å²) in [7, 11) is 0. The summed E-state index contributed by atoms with van der Waals surface area (Å²) in [5.41, 5.74) is 8.06. The van der Waals surface area contributed by atoms with E-state index in [2.05, 4.69) is 15.3 Å². The molecule has 0 aliphatic rings. The van der Waals surface area contributed by atoms with Crippen LogP contribution >= 0.6 is 0 Å². The maximum absolute atomic E-state index is 12.7. The van der Waals surface area contributed by atoms with Gasteiger partial charge in [-0.15, -0.1) is 0 Å². The van der Waals surface area contributed by atoms with E-state index in [0.29, 0.717) is 11.3 Å². The molecule has 28 heavy (non-hydrogen) atoms. The van der Waals surface area contributed by atoms with Gasteiger partial charge in [-0.2, -0.15) is 0 Å². The molecule has 0 fully saturated rings. The predicted molar refractivity (Wildman–Crippen MR) is 108 cm³/mol. The Morgan fingerprint density at radius 2 is 1.64 bits per heavy atom. The monoisotopic (exact) mass is 370 g/mol. The van der Waals surface area contributed by atoms with Crippen molar-refractivity contribution in [2.75, 3.05) is 0 Å². The van der Waals surface area contributed by atoms with E-state index in [9.17, 15) is 9.59 Å². The van der Waals surface area contributed by atoms with Crippen LogP contribution in [-0.2, 0) is 11.2 Å². The fourth-order valence-corrected chi connectivity index (χ4v) is 3.10. The SMILES string of the molecule is NC(=O)[C@H](Cc1cnc2ccccc2n1)NC(=O)c1ccc2ccccc2c1. The summed E-state index contributed by atoms with van der Waals surface area (Å²) in [5.74, 6) is -0.979. The number of nitrogens with zero attached hydrogens (tertiary/aromatic N) is 2. The van der Waals surface area contributed by atoms with Crippen molar-refractivity contribution in [1.82, 2.24) is 15.3 Å². The Morgan fingerprint density at radius 3 is 2.43 bits per heavy atom. The number of nitrogens with one attached hydrogen (secondary N) is 1. The molecule has 6 heteroatoms. The van der Waals surface area contributed by atoms with Gasteiger partial charge in [0.1, 0.15) is 6.04 Å². The third-order valence-corrected chi connectivity index (χ3v) is 4.57. The molecule has 0 radical (unpaired) electrons. The number of rotatable bonds is 5. The Kier molecular flexibility index (Phi) is 4.68. The van der Waals surface area contributed by atoms with Crippen LogP contribution < -0.4 is 11.1 Å². The average molecular weight is 370 g/mol. The molecule has 0 bridgehead atoms. The van der Waals surface area contributed by atoms with Crippen LogP contribution in [0.4, 0.5) is 0 Å². The van der Waals surface area contributed by atoms with Crippen molar-refractivity contribution in [2.24, 2.45) is 5.73 Å². The molecule has 4 aromatic rings. The van der Waals surface area contributed by atoms with Crippen LogP contribution in [0.1, 0.15) is 16.1 Å². The molecule has 3 N–H and O–H groups in total. The lowest BCUT2D eigenvalue weighted by molar-refractivity contribution is -0.119. The minimum Gasteiger partial charge on any atom is -0.368 e. The van der Waals surface area contributed by atoms with Gasteiger partial charge in [0.05, 0.1) is 16.7 Å². The Bertz CT molecular complexity index is 1190. The number of benzene rings is 3. The highest BCUT2D eigenvalue weighted by Gasteiger charge is 2.20. The van der Waals surface area contributed by atoms with Crippen LogP contribution in [0, 0.1) is 0 Å². The first-order chi connectivity index (χ1) is 13.6.